The molecule has 0 radical (unpaired) electrons. The number of nitrogens with one attached hydrogen (secondary N) is 1. The predicted molar refractivity (Wildman–Crippen MR) is 146 cm³/mol. The van der Waals surface area contributed by atoms with E-state index in [1.807, 2.05) is 47.4 Å². The zero-order valence-corrected chi connectivity index (χ0v) is 21.4. The van der Waals surface area contributed by atoms with Crippen LogP contribution in [0.5, 0.6) is 0 Å². The summed E-state index contributed by atoms with van der Waals surface area (Å²) in [7, 11) is 0. The molecule has 2 bridgehead atoms. The number of anilines is 1. The van der Waals surface area contributed by atoms with Crippen LogP contribution in [0.15, 0.2) is 61.2 Å². The van der Waals surface area contributed by atoms with Gasteiger partial charge in [0, 0.05) is 40.9 Å². The first-order valence-electron chi connectivity index (χ1n) is 13.2. The van der Waals surface area contributed by atoms with Gasteiger partial charge in [-0.05, 0) is 31.7 Å². The summed E-state index contributed by atoms with van der Waals surface area (Å²) in [4.78, 5) is 41.3. The first kappa shape index (κ1) is 23.9. The minimum Gasteiger partial charge on any atom is -0.383 e. The Morgan fingerprint density at radius 3 is 2.38 bits per heavy atom. The number of hydrogen-bond acceptors (Lipinski definition) is 8. The molecule has 5 aromatic rings. The molecule has 2 aliphatic heterocycles. The largest absolute Gasteiger partial charge is 0.383 e. The number of fused-ring (bicyclic) bond motifs is 3. The summed E-state index contributed by atoms with van der Waals surface area (Å²) in [6.45, 7) is 0. The number of benzene rings is 1. The van der Waals surface area contributed by atoms with Crippen molar-refractivity contribution < 1.29 is 9.59 Å². The van der Waals surface area contributed by atoms with Crippen LogP contribution in [0.3, 0.4) is 0 Å². The summed E-state index contributed by atoms with van der Waals surface area (Å²) in [5, 5.41) is 11.0. The fourth-order valence-electron chi connectivity index (χ4n) is 6.28. The molecule has 0 saturated carbocycles. The average molecular weight is 535 g/mol. The lowest BCUT2D eigenvalue weighted by atomic mass is 9.85. The van der Waals surface area contributed by atoms with Crippen molar-refractivity contribution in [2.45, 2.75) is 43.7 Å². The topological polar surface area (TPSA) is 174 Å². The van der Waals surface area contributed by atoms with Crippen molar-refractivity contribution in [2.24, 2.45) is 5.73 Å². The fraction of sp³-hybridized carbons (Fsp3) is 0.250. The summed E-state index contributed by atoms with van der Waals surface area (Å²) in [5.74, 6) is -0.633. The third kappa shape index (κ3) is 3.79. The molecule has 5 N–H and O–H groups in total. The standard InChI is InChI=1S/C28H26N10O2/c29-24-22(25(30)39)23(17-10-18-7-8-19(11-17)37(18)28(40)26-32-14-33-36-26)35-27-20(13-34-38(24)27)16-6-9-21(31-12-16)15-4-2-1-3-5-15/h1-6,9,12-14,17-19H,7-8,10-11,29H2,(H2,30,39)(H,32,33,36)/t17-,18-,19?/m0/s1. The lowest BCUT2D eigenvalue weighted by Crippen LogP contribution is -2.46. The van der Waals surface area contributed by atoms with Crippen LogP contribution in [-0.4, -0.2) is 63.6 Å². The van der Waals surface area contributed by atoms with Crippen LogP contribution in [0.25, 0.3) is 28.0 Å². The molecule has 200 valence electrons. The van der Waals surface area contributed by atoms with Crippen LogP contribution < -0.4 is 11.5 Å². The molecule has 1 aromatic carbocycles. The van der Waals surface area contributed by atoms with Gasteiger partial charge in [0.15, 0.2) is 5.65 Å². The first-order valence-corrected chi connectivity index (χ1v) is 13.2. The lowest BCUT2D eigenvalue weighted by molar-refractivity contribution is 0.0556. The Labute approximate surface area is 228 Å². The zero-order chi connectivity index (χ0) is 27.4. The van der Waals surface area contributed by atoms with Crippen molar-refractivity contribution in [1.29, 1.82) is 0 Å². The molecule has 0 spiro atoms. The molecule has 6 heterocycles. The minimum absolute atomic E-state index is 0.0196. The van der Waals surface area contributed by atoms with Gasteiger partial charge < -0.3 is 16.4 Å². The highest BCUT2D eigenvalue weighted by Gasteiger charge is 2.46. The van der Waals surface area contributed by atoms with Gasteiger partial charge in [0.05, 0.1) is 17.6 Å². The number of rotatable bonds is 5. The van der Waals surface area contributed by atoms with E-state index in [0.29, 0.717) is 24.2 Å². The van der Waals surface area contributed by atoms with Crippen LogP contribution in [0.4, 0.5) is 5.82 Å². The highest BCUT2D eigenvalue weighted by Crippen LogP contribution is 2.44. The normalized spacial score (nSPS) is 20.2. The molecule has 2 fully saturated rings. The molecule has 1 unspecified atom stereocenters. The van der Waals surface area contributed by atoms with Gasteiger partial charge in [0.25, 0.3) is 11.8 Å². The van der Waals surface area contributed by atoms with Gasteiger partial charge >= 0.3 is 0 Å². The van der Waals surface area contributed by atoms with Crippen molar-refractivity contribution in [3.05, 3.63) is 78.3 Å². The molecule has 12 heteroatoms. The minimum atomic E-state index is -0.653. The maximum atomic E-state index is 13.1. The second kappa shape index (κ2) is 9.26. The molecular formula is C28H26N10O2. The van der Waals surface area contributed by atoms with Crippen LogP contribution >= 0.6 is 0 Å². The molecule has 2 aliphatic rings. The van der Waals surface area contributed by atoms with E-state index in [1.54, 1.807) is 12.4 Å². The number of pyridine rings is 1. The Morgan fingerprint density at radius 1 is 0.950 bits per heavy atom. The number of piperidine rings is 1. The van der Waals surface area contributed by atoms with E-state index in [4.69, 9.17) is 16.5 Å². The number of primary amides is 1. The summed E-state index contributed by atoms with van der Waals surface area (Å²) in [6.07, 6.45) is 7.84. The third-order valence-corrected chi connectivity index (χ3v) is 8.06. The number of amides is 2. The molecule has 3 atom stereocenters. The van der Waals surface area contributed by atoms with Crippen molar-refractivity contribution in [3.63, 3.8) is 0 Å². The van der Waals surface area contributed by atoms with E-state index in [0.717, 1.165) is 35.2 Å². The molecule has 2 amide bonds. The molecule has 7 rings (SSSR count). The van der Waals surface area contributed by atoms with E-state index in [9.17, 15) is 9.59 Å². The highest BCUT2D eigenvalue weighted by molar-refractivity contribution is 5.99. The second-order valence-corrected chi connectivity index (χ2v) is 10.3. The number of hydrogen-bond donors (Lipinski definition) is 3. The molecule has 40 heavy (non-hydrogen) atoms. The van der Waals surface area contributed by atoms with Gasteiger partial charge in [-0.3, -0.25) is 19.7 Å². The predicted octanol–water partition coefficient (Wildman–Crippen LogP) is 2.81. The zero-order valence-electron chi connectivity index (χ0n) is 21.4. The summed E-state index contributed by atoms with van der Waals surface area (Å²) in [5.41, 5.74) is 17.0. The molecule has 2 saturated heterocycles. The Hall–Kier alpha value is -5.13. The van der Waals surface area contributed by atoms with Gasteiger partial charge in [0.1, 0.15) is 17.7 Å². The number of nitrogen functional groups attached to an aromatic ring is 1. The second-order valence-electron chi connectivity index (χ2n) is 10.3. The number of carbonyl (C=O) groups excluding carboxylic acids is 2. The summed E-state index contributed by atoms with van der Waals surface area (Å²) < 4.78 is 1.46. The van der Waals surface area contributed by atoms with E-state index >= 15 is 0 Å². The van der Waals surface area contributed by atoms with Crippen LogP contribution in [0.2, 0.25) is 0 Å². The van der Waals surface area contributed by atoms with Gasteiger partial charge in [-0.1, -0.05) is 36.4 Å². The van der Waals surface area contributed by atoms with E-state index in [-0.39, 0.29) is 41.1 Å². The smallest absolute Gasteiger partial charge is 0.294 e. The van der Waals surface area contributed by atoms with Gasteiger partial charge in [-0.2, -0.15) is 9.61 Å². The van der Waals surface area contributed by atoms with Crippen LogP contribution in [0, 0.1) is 0 Å². The summed E-state index contributed by atoms with van der Waals surface area (Å²) >= 11 is 0. The maximum absolute atomic E-state index is 13.1. The van der Waals surface area contributed by atoms with Gasteiger partial charge in [0.2, 0.25) is 5.82 Å². The first-order chi connectivity index (χ1) is 19.5. The lowest BCUT2D eigenvalue weighted by Gasteiger charge is -2.38. The molecular weight excluding hydrogens is 508 g/mol. The van der Waals surface area contributed by atoms with Crippen LogP contribution in [0.1, 0.15) is 58.3 Å². The highest BCUT2D eigenvalue weighted by atomic mass is 16.2. The van der Waals surface area contributed by atoms with Crippen molar-refractivity contribution in [1.82, 2.24) is 39.7 Å². The number of H-pyrrole nitrogens is 1. The third-order valence-electron chi connectivity index (χ3n) is 8.06. The maximum Gasteiger partial charge on any atom is 0.294 e. The van der Waals surface area contributed by atoms with E-state index in [2.05, 4.69) is 25.3 Å². The number of aromatic amines is 1. The fourth-order valence-corrected chi connectivity index (χ4v) is 6.28. The summed E-state index contributed by atoms with van der Waals surface area (Å²) in [6, 6.07) is 13.8. The Balaban J connectivity index is 1.26. The number of aromatic nitrogens is 7. The molecule has 4 aromatic heterocycles. The average Bonchev–Trinajstić information content (AvgIpc) is 3.71. The van der Waals surface area contributed by atoms with Crippen LogP contribution in [-0.2, 0) is 0 Å². The van der Waals surface area contributed by atoms with Gasteiger partial charge in [-0.25, -0.2) is 9.97 Å². The van der Waals surface area contributed by atoms with Crippen molar-refractivity contribution in [3.8, 4) is 22.4 Å². The number of nitrogens with zero attached hydrogens (tertiary/aromatic N) is 7. The number of nitrogens with two attached hydrogens (primary N) is 2. The van der Waals surface area contributed by atoms with E-state index in [1.165, 1.54) is 10.8 Å². The van der Waals surface area contributed by atoms with Crippen molar-refractivity contribution >= 4 is 23.3 Å². The SMILES string of the molecule is NC(=O)c1c([C@@H]2CC3CC[C@@H](C2)N3C(=O)c2nc[nH]n2)nc2c(-c3ccc(-c4ccccc4)nc3)cnn2c1N. The number of carbonyl (C=O) groups is 2. The Kier molecular flexibility index (Phi) is 5.54. The monoisotopic (exact) mass is 534 g/mol. The quantitative estimate of drug-likeness (QED) is 0.308. The van der Waals surface area contributed by atoms with E-state index < -0.39 is 5.91 Å². The van der Waals surface area contributed by atoms with Gasteiger partial charge in [-0.15, -0.1) is 5.10 Å². The molecule has 0 aliphatic carbocycles. The Bertz CT molecular complexity index is 1720. The molecule has 12 nitrogen and oxygen atoms in total. The Morgan fingerprint density at radius 2 is 1.73 bits per heavy atom. The van der Waals surface area contributed by atoms with Crippen molar-refractivity contribution in [2.75, 3.05) is 5.73 Å².